The molecule has 0 heterocycles. The molecule has 0 radical (unpaired) electrons. The van der Waals surface area contributed by atoms with Gasteiger partial charge in [-0.15, -0.1) is 0 Å². The van der Waals surface area contributed by atoms with E-state index in [9.17, 15) is 9.59 Å². The van der Waals surface area contributed by atoms with Crippen molar-refractivity contribution in [1.82, 2.24) is 10.6 Å². The van der Waals surface area contributed by atoms with Crippen molar-refractivity contribution in [2.75, 3.05) is 7.05 Å². The minimum absolute atomic E-state index is 0.0788. The highest BCUT2D eigenvalue weighted by atomic mass is 16.2. The number of hydrogen-bond donors (Lipinski definition) is 3. The van der Waals surface area contributed by atoms with E-state index in [-0.39, 0.29) is 17.9 Å². The number of amides is 2. The van der Waals surface area contributed by atoms with Crippen LogP contribution in [-0.4, -0.2) is 30.9 Å². The normalized spacial score (nSPS) is 14.1. The van der Waals surface area contributed by atoms with E-state index in [1.165, 1.54) is 0 Å². The summed E-state index contributed by atoms with van der Waals surface area (Å²) in [5.74, 6) is 0.144. The molecule has 18 heavy (non-hydrogen) atoms. The first-order valence-electron chi connectivity index (χ1n) is 6.63. The van der Waals surface area contributed by atoms with E-state index < -0.39 is 6.04 Å². The Bertz CT molecular complexity index is 265. The maximum atomic E-state index is 11.7. The molecule has 0 aromatic heterocycles. The van der Waals surface area contributed by atoms with Crippen molar-refractivity contribution in [3.05, 3.63) is 0 Å². The molecule has 2 unspecified atom stereocenters. The molecule has 0 saturated heterocycles. The van der Waals surface area contributed by atoms with E-state index in [2.05, 4.69) is 10.6 Å². The fourth-order valence-corrected chi connectivity index (χ4v) is 1.73. The van der Waals surface area contributed by atoms with Crippen molar-refractivity contribution in [3.8, 4) is 0 Å². The van der Waals surface area contributed by atoms with E-state index in [1.54, 1.807) is 7.05 Å². The second-order valence-corrected chi connectivity index (χ2v) is 5.23. The van der Waals surface area contributed by atoms with Crippen molar-refractivity contribution in [2.24, 2.45) is 11.7 Å². The highest BCUT2D eigenvalue weighted by Crippen LogP contribution is 2.06. The van der Waals surface area contributed by atoms with E-state index in [0.29, 0.717) is 18.8 Å². The van der Waals surface area contributed by atoms with Crippen molar-refractivity contribution in [3.63, 3.8) is 0 Å². The van der Waals surface area contributed by atoms with E-state index in [4.69, 9.17) is 5.73 Å². The molecule has 0 bridgehead atoms. The molecule has 2 amide bonds. The second kappa shape index (κ2) is 8.91. The van der Waals surface area contributed by atoms with Gasteiger partial charge in [-0.05, 0) is 32.1 Å². The highest BCUT2D eigenvalue weighted by Gasteiger charge is 2.20. The number of likely N-dealkylation sites (N-methyl/N-ethyl adjacent to an activating group) is 1. The van der Waals surface area contributed by atoms with Crippen LogP contribution in [0.4, 0.5) is 0 Å². The number of nitrogens with one attached hydrogen (secondary N) is 2. The Kier molecular flexibility index (Phi) is 8.37. The molecule has 5 heteroatoms. The number of hydrogen-bond acceptors (Lipinski definition) is 3. The summed E-state index contributed by atoms with van der Waals surface area (Å²) in [4.78, 5) is 23.3. The molecule has 0 spiro atoms. The SMILES string of the molecule is CNC(=O)C(CC(C)C)NC(=O)CCCC(C)N. The zero-order chi connectivity index (χ0) is 14.1. The molecule has 0 aliphatic rings. The van der Waals surface area contributed by atoms with Crippen LogP contribution < -0.4 is 16.4 Å². The molecule has 0 aromatic rings. The standard InChI is InChI=1S/C13H27N3O2/c1-9(2)8-11(13(18)15-4)16-12(17)7-5-6-10(3)14/h9-11H,5-8,14H2,1-4H3,(H,15,18)(H,16,17). The van der Waals surface area contributed by atoms with Gasteiger partial charge in [-0.2, -0.15) is 0 Å². The number of carbonyl (C=O) groups is 2. The Morgan fingerprint density at radius 3 is 2.28 bits per heavy atom. The molecule has 0 aromatic carbocycles. The maximum Gasteiger partial charge on any atom is 0.242 e. The third-order valence-corrected chi connectivity index (χ3v) is 2.67. The molecule has 2 atom stereocenters. The van der Waals surface area contributed by atoms with Gasteiger partial charge in [0.15, 0.2) is 0 Å². The monoisotopic (exact) mass is 257 g/mol. The molecule has 0 rings (SSSR count). The minimum Gasteiger partial charge on any atom is -0.357 e. The molecule has 5 nitrogen and oxygen atoms in total. The lowest BCUT2D eigenvalue weighted by Gasteiger charge is -2.19. The predicted octanol–water partition coefficient (Wildman–Crippen LogP) is 0.781. The molecule has 0 fully saturated rings. The van der Waals surface area contributed by atoms with E-state index in [1.807, 2.05) is 20.8 Å². The molecule has 106 valence electrons. The zero-order valence-electron chi connectivity index (χ0n) is 12.0. The Morgan fingerprint density at radius 2 is 1.83 bits per heavy atom. The van der Waals surface area contributed by atoms with Crippen LogP contribution in [0.25, 0.3) is 0 Å². The van der Waals surface area contributed by atoms with Crippen molar-refractivity contribution in [2.45, 2.75) is 58.5 Å². The average Bonchev–Trinajstić information content (AvgIpc) is 2.25. The Labute approximate surface area is 110 Å². The number of carbonyl (C=O) groups excluding carboxylic acids is 2. The Morgan fingerprint density at radius 1 is 1.22 bits per heavy atom. The van der Waals surface area contributed by atoms with Gasteiger partial charge in [0.1, 0.15) is 6.04 Å². The number of rotatable bonds is 8. The first-order chi connectivity index (χ1) is 8.36. The van der Waals surface area contributed by atoms with Gasteiger partial charge >= 0.3 is 0 Å². The van der Waals surface area contributed by atoms with Crippen LogP contribution in [-0.2, 0) is 9.59 Å². The smallest absolute Gasteiger partial charge is 0.242 e. The summed E-state index contributed by atoms with van der Waals surface area (Å²) in [6.45, 7) is 5.97. The Hall–Kier alpha value is -1.10. The fourth-order valence-electron chi connectivity index (χ4n) is 1.73. The van der Waals surface area contributed by atoms with Crippen LogP contribution in [0.15, 0.2) is 0 Å². The van der Waals surface area contributed by atoms with Gasteiger partial charge in [0.2, 0.25) is 11.8 Å². The van der Waals surface area contributed by atoms with Gasteiger partial charge in [0, 0.05) is 19.5 Å². The first-order valence-corrected chi connectivity index (χ1v) is 6.63. The summed E-state index contributed by atoms with van der Waals surface area (Å²) < 4.78 is 0. The van der Waals surface area contributed by atoms with Crippen LogP contribution in [0.1, 0.15) is 46.5 Å². The van der Waals surface area contributed by atoms with E-state index in [0.717, 1.165) is 12.8 Å². The lowest BCUT2D eigenvalue weighted by atomic mass is 10.0. The van der Waals surface area contributed by atoms with Crippen LogP contribution >= 0.6 is 0 Å². The molecule has 4 N–H and O–H groups in total. The summed E-state index contributed by atoms with van der Waals surface area (Å²) in [6.07, 6.45) is 2.65. The van der Waals surface area contributed by atoms with Gasteiger partial charge < -0.3 is 16.4 Å². The summed E-state index contributed by atoms with van der Waals surface area (Å²) in [6, 6.07) is -0.319. The van der Waals surface area contributed by atoms with Crippen LogP contribution in [0.3, 0.4) is 0 Å². The lowest BCUT2D eigenvalue weighted by molar-refractivity contribution is -0.129. The lowest BCUT2D eigenvalue weighted by Crippen LogP contribution is -2.46. The second-order valence-electron chi connectivity index (χ2n) is 5.23. The maximum absolute atomic E-state index is 11.7. The summed E-state index contributed by atoms with van der Waals surface area (Å²) in [5, 5.41) is 5.36. The van der Waals surface area contributed by atoms with Crippen molar-refractivity contribution < 1.29 is 9.59 Å². The van der Waals surface area contributed by atoms with Gasteiger partial charge in [-0.3, -0.25) is 9.59 Å². The third kappa shape index (κ3) is 8.06. The van der Waals surface area contributed by atoms with Gasteiger partial charge in [-0.1, -0.05) is 13.8 Å². The van der Waals surface area contributed by atoms with Crippen LogP contribution in [0, 0.1) is 5.92 Å². The summed E-state index contributed by atoms with van der Waals surface area (Å²) >= 11 is 0. The Balaban J connectivity index is 4.14. The predicted molar refractivity (Wildman–Crippen MR) is 73.0 cm³/mol. The van der Waals surface area contributed by atoms with Crippen LogP contribution in [0.5, 0.6) is 0 Å². The molecular formula is C13H27N3O2. The molecule has 0 saturated carbocycles. The number of nitrogens with two attached hydrogens (primary N) is 1. The third-order valence-electron chi connectivity index (χ3n) is 2.67. The van der Waals surface area contributed by atoms with E-state index >= 15 is 0 Å². The van der Waals surface area contributed by atoms with Gasteiger partial charge in [0.05, 0.1) is 0 Å². The zero-order valence-corrected chi connectivity index (χ0v) is 12.0. The first kappa shape index (κ1) is 16.9. The van der Waals surface area contributed by atoms with Crippen molar-refractivity contribution >= 4 is 11.8 Å². The molecule has 0 aliphatic carbocycles. The van der Waals surface area contributed by atoms with Gasteiger partial charge in [0.25, 0.3) is 0 Å². The highest BCUT2D eigenvalue weighted by molar-refractivity contribution is 5.87. The average molecular weight is 257 g/mol. The van der Waals surface area contributed by atoms with Crippen LogP contribution in [0.2, 0.25) is 0 Å². The molecule has 0 aliphatic heterocycles. The summed E-state index contributed by atoms with van der Waals surface area (Å²) in [7, 11) is 1.58. The minimum atomic E-state index is -0.433. The van der Waals surface area contributed by atoms with Crippen molar-refractivity contribution in [1.29, 1.82) is 0 Å². The quantitative estimate of drug-likeness (QED) is 0.601. The molecular weight excluding hydrogens is 230 g/mol. The van der Waals surface area contributed by atoms with Gasteiger partial charge in [-0.25, -0.2) is 0 Å². The fraction of sp³-hybridized carbons (Fsp3) is 0.846. The summed E-state index contributed by atoms with van der Waals surface area (Å²) in [5.41, 5.74) is 5.62. The largest absolute Gasteiger partial charge is 0.357 e. The topological polar surface area (TPSA) is 84.2 Å².